The molecule has 0 unspecified atom stereocenters. The molecule has 1 aliphatic heterocycles. The predicted octanol–water partition coefficient (Wildman–Crippen LogP) is 2.51. The fourth-order valence-corrected chi connectivity index (χ4v) is 2.68. The third-order valence-electron chi connectivity index (χ3n) is 3.78. The van der Waals surface area contributed by atoms with Gasteiger partial charge in [0.2, 0.25) is 0 Å². The van der Waals surface area contributed by atoms with E-state index in [0.717, 1.165) is 21.8 Å². The lowest BCUT2D eigenvalue weighted by molar-refractivity contribution is 0.0641. The molecule has 22 heavy (non-hydrogen) atoms. The highest BCUT2D eigenvalue weighted by Crippen LogP contribution is 2.31. The molecular weight excluding hydrogens is 282 g/mol. The Morgan fingerprint density at radius 1 is 1.14 bits per heavy atom. The zero-order valence-corrected chi connectivity index (χ0v) is 12.3. The Bertz CT molecular complexity index is 782. The van der Waals surface area contributed by atoms with Crippen LogP contribution in [0.1, 0.15) is 31.8 Å². The summed E-state index contributed by atoms with van der Waals surface area (Å²) in [6.45, 7) is 2.06. The first-order chi connectivity index (χ1) is 10.5. The Morgan fingerprint density at radius 2 is 1.91 bits per heavy atom. The minimum Gasteiger partial charge on any atom is -0.507 e. The predicted molar refractivity (Wildman–Crippen MR) is 80.0 cm³/mol. The van der Waals surface area contributed by atoms with Crippen LogP contribution in [0.2, 0.25) is 0 Å². The molecule has 0 atom stereocenters. The SMILES string of the molecule is COc1ccc(CN2C(=O)c3cccc(O)c3C2=O)cc1C. The van der Waals surface area contributed by atoms with Crippen LogP contribution in [0.5, 0.6) is 11.5 Å². The third-order valence-corrected chi connectivity index (χ3v) is 3.78. The number of amides is 2. The molecule has 3 rings (SSSR count). The Kier molecular flexibility index (Phi) is 3.33. The molecule has 2 aromatic carbocycles. The maximum atomic E-state index is 12.4. The summed E-state index contributed by atoms with van der Waals surface area (Å²) in [7, 11) is 1.59. The quantitative estimate of drug-likeness (QED) is 0.884. The second-order valence-electron chi connectivity index (χ2n) is 5.20. The standard InChI is InChI=1S/C17H15NO4/c1-10-8-11(6-7-14(10)22-2)9-18-16(20)12-4-3-5-13(19)15(12)17(18)21/h3-8,19H,9H2,1-2H3. The fourth-order valence-electron chi connectivity index (χ4n) is 2.68. The largest absolute Gasteiger partial charge is 0.507 e. The molecule has 1 aliphatic rings. The summed E-state index contributed by atoms with van der Waals surface area (Å²) in [5.41, 5.74) is 2.08. The van der Waals surface area contributed by atoms with Crippen molar-refractivity contribution >= 4 is 11.8 Å². The van der Waals surface area contributed by atoms with Crippen molar-refractivity contribution in [2.75, 3.05) is 7.11 Å². The van der Waals surface area contributed by atoms with Crippen LogP contribution in [0.25, 0.3) is 0 Å². The molecule has 0 bridgehead atoms. The van der Waals surface area contributed by atoms with Crippen molar-refractivity contribution in [2.24, 2.45) is 0 Å². The van der Waals surface area contributed by atoms with Gasteiger partial charge in [0.25, 0.3) is 11.8 Å². The number of hydrogen-bond acceptors (Lipinski definition) is 4. The molecular formula is C17H15NO4. The van der Waals surface area contributed by atoms with E-state index in [1.54, 1.807) is 25.3 Å². The van der Waals surface area contributed by atoms with Crippen molar-refractivity contribution < 1.29 is 19.4 Å². The van der Waals surface area contributed by atoms with E-state index < -0.39 is 5.91 Å². The number of carbonyl (C=O) groups is 2. The van der Waals surface area contributed by atoms with Gasteiger partial charge in [-0.05, 0) is 36.2 Å². The number of rotatable bonds is 3. The summed E-state index contributed by atoms with van der Waals surface area (Å²) < 4.78 is 5.20. The van der Waals surface area contributed by atoms with Gasteiger partial charge in [0, 0.05) is 0 Å². The van der Waals surface area contributed by atoms with Crippen LogP contribution < -0.4 is 4.74 Å². The maximum absolute atomic E-state index is 12.4. The highest BCUT2D eigenvalue weighted by atomic mass is 16.5. The van der Waals surface area contributed by atoms with Gasteiger partial charge in [0.05, 0.1) is 24.8 Å². The lowest BCUT2D eigenvalue weighted by Gasteiger charge is -2.15. The van der Waals surface area contributed by atoms with Crippen molar-refractivity contribution in [2.45, 2.75) is 13.5 Å². The molecule has 1 heterocycles. The number of hydrogen-bond donors (Lipinski definition) is 1. The summed E-state index contributed by atoms with van der Waals surface area (Å²) in [5.74, 6) is -0.260. The monoisotopic (exact) mass is 297 g/mol. The minimum atomic E-state index is -0.466. The second-order valence-corrected chi connectivity index (χ2v) is 5.20. The van der Waals surface area contributed by atoms with Gasteiger partial charge in [-0.2, -0.15) is 0 Å². The van der Waals surface area contributed by atoms with E-state index in [2.05, 4.69) is 0 Å². The molecule has 5 nitrogen and oxygen atoms in total. The lowest BCUT2D eigenvalue weighted by Crippen LogP contribution is -2.29. The van der Waals surface area contributed by atoms with Gasteiger partial charge in [0.1, 0.15) is 11.5 Å². The zero-order chi connectivity index (χ0) is 15.9. The van der Waals surface area contributed by atoms with Crippen molar-refractivity contribution in [3.05, 3.63) is 58.7 Å². The number of carbonyl (C=O) groups excluding carboxylic acids is 2. The van der Waals surface area contributed by atoms with E-state index in [4.69, 9.17) is 4.74 Å². The highest BCUT2D eigenvalue weighted by molar-refractivity contribution is 6.22. The van der Waals surface area contributed by atoms with Crippen LogP contribution in [0.15, 0.2) is 36.4 Å². The summed E-state index contributed by atoms with van der Waals surface area (Å²) in [6, 6.07) is 10.0. The molecule has 1 N–H and O–H groups in total. The van der Waals surface area contributed by atoms with Crippen LogP contribution in [0.3, 0.4) is 0 Å². The van der Waals surface area contributed by atoms with E-state index in [9.17, 15) is 14.7 Å². The van der Waals surface area contributed by atoms with Crippen molar-refractivity contribution in [3.63, 3.8) is 0 Å². The summed E-state index contributed by atoms with van der Waals surface area (Å²) in [6.07, 6.45) is 0. The first-order valence-corrected chi connectivity index (χ1v) is 6.84. The zero-order valence-electron chi connectivity index (χ0n) is 12.3. The molecule has 0 aromatic heterocycles. The van der Waals surface area contributed by atoms with Gasteiger partial charge in [0.15, 0.2) is 0 Å². The lowest BCUT2D eigenvalue weighted by atomic mass is 10.1. The minimum absolute atomic E-state index is 0.0812. The van der Waals surface area contributed by atoms with Gasteiger partial charge in [-0.1, -0.05) is 18.2 Å². The van der Waals surface area contributed by atoms with E-state index in [1.807, 2.05) is 19.1 Å². The van der Waals surface area contributed by atoms with Crippen molar-refractivity contribution in [1.82, 2.24) is 4.90 Å². The topological polar surface area (TPSA) is 66.8 Å². The molecule has 0 saturated carbocycles. The molecule has 0 aliphatic carbocycles. The van der Waals surface area contributed by atoms with Crippen LogP contribution in [-0.4, -0.2) is 28.9 Å². The smallest absolute Gasteiger partial charge is 0.265 e. The Balaban J connectivity index is 1.92. The number of methoxy groups -OCH3 is 1. The van der Waals surface area contributed by atoms with E-state index in [-0.39, 0.29) is 29.3 Å². The Morgan fingerprint density at radius 3 is 2.55 bits per heavy atom. The molecule has 0 fully saturated rings. The highest BCUT2D eigenvalue weighted by Gasteiger charge is 2.37. The summed E-state index contributed by atoms with van der Waals surface area (Å²) >= 11 is 0. The van der Waals surface area contributed by atoms with Crippen LogP contribution in [0, 0.1) is 6.92 Å². The number of phenolic OH excluding ortho intramolecular Hbond substituents is 1. The summed E-state index contributed by atoms with van der Waals surface area (Å²) in [4.78, 5) is 25.8. The van der Waals surface area contributed by atoms with E-state index in [0.29, 0.717) is 0 Å². The maximum Gasteiger partial charge on any atom is 0.265 e. The number of nitrogens with zero attached hydrogens (tertiary/aromatic N) is 1. The number of aryl methyl sites for hydroxylation is 1. The van der Waals surface area contributed by atoms with Gasteiger partial charge >= 0.3 is 0 Å². The van der Waals surface area contributed by atoms with Crippen LogP contribution >= 0.6 is 0 Å². The number of aromatic hydroxyl groups is 1. The molecule has 2 amide bonds. The van der Waals surface area contributed by atoms with E-state index in [1.165, 1.54) is 6.07 Å². The number of ether oxygens (including phenoxy) is 1. The molecule has 112 valence electrons. The normalized spacial score (nSPS) is 13.5. The number of benzene rings is 2. The first-order valence-electron chi connectivity index (χ1n) is 6.84. The number of imide groups is 1. The average molecular weight is 297 g/mol. The van der Waals surface area contributed by atoms with E-state index >= 15 is 0 Å². The molecule has 0 spiro atoms. The van der Waals surface area contributed by atoms with Gasteiger partial charge in [-0.25, -0.2) is 0 Å². The van der Waals surface area contributed by atoms with Crippen molar-refractivity contribution in [3.8, 4) is 11.5 Å². The van der Waals surface area contributed by atoms with Gasteiger partial charge < -0.3 is 9.84 Å². The van der Waals surface area contributed by atoms with Gasteiger partial charge in [-0.15, -0.1) is 0 Å². The average Bonchev–Trinajstić information content (AvgIpc) is 2.74. The molecule has 0 saturated heterocycles. The third kappa shape index (κ3) is 2.11. The summed E-state index contributed by atoms with van der Waals surface area (Å²) in [5, 5.41) is 9.80. The van der Waals surface area contributed by atoms with Crippen LogP contribution in [0.4, 0.5) is 0 Å². The first kappa shape index (κ1) is 14.1. The molecule has 5 heteroatoms. The number of fused-ring (bicyclic) bond motifs is 1. The second kappa shape index (κ2) is 5.18. The fraction of sp³-hybridized carbons (Fsp3) is 0.176. The number of phenols is 1. The molecule has 2 aromatic rings. The molecule has 0 radical (unpaired) electrons. The van der Waals surface area contributed by atoms with Crippen LogP contribution in [-0.2, 0) is 6.54 Å². The van der Waals surface area contributed by atoms with Crippen molar-refractivity contribution in [1.29, 1.82) is 0 Å². The Hall–Kier alpha value is -2.82. The Labute approximate surface area is 127 Å². The van der Waals surface area contributed by atoms with Gasteiger partial charge in [-0.3, -0.25) is 14.5 Å².